The number of aromatic nitrogens is 2. The lowest BCUT2D eigenvalue weighted by molar-refractivity contribution is 0.0795. The van der Waals surface area contributed by atoms with Crippen LogP contribution in [0.1, 0.15) is 28.7 Å². The highest BCUT2D eigenvalue weighted by molar-refractivity contribution is 5.96. The maximum atomic E-state index is 12.3. The number of likely N-dealkylation sites (N-methyl/N-ethyl adjacent to an activating group) is 2. The van der Waals surface area contributed by atoms with Gasteiger partial charge >= 0.3 is 0 Å². The lowest BCUT2D eigenvalue weighted by Gasteiger charge is -2.17. The van der Waals surface area contributed by atoms with Gasteiger partial charge in [0.15, 0.2) is 0 Å². The number of rotatable bonds is 5. The van der Waals surface area contributed by atoms with Crippen molar-refractivity contribution in [1.29, 1.82) is 0 Å². The number of carbonyl (C=O) groups excluding carboxylic acids is 1. The third kappa shape index (κ3) is 3.46. The molecule has 0 saturated carbocycles. The topological polar surface area (TPSA) is 50.2 Å². The van der Waals surface area contributed by atoms with Gasteiger partial charge in [-0.3, -0.25) is 9.48 Å². The number of amides is 1. The van der Waals surface area contributed by atoms with Gasteiger partial charge in [-0.2, -0.15) is 5.10 Å². The number of nitrogens with zero attached hydrogens (tertiary/aromatic N) is 3. The van der Waals surface area contributed by atoms with Crippen molar-refractivity contribution >= 4 is 18.3 Å². The number of carbonyl (C=O) groups is 1. The number of nitrogens with one attached hydrogen (secondary N) is 1. The molecule has 1 aromatic rings. The van der Waals surface area contributed by atoms with E-state index in [0.29, 0.717) is 6.54 Å². The van der Waals surface area contributed by atoms with Gasteiger partial charge in [0.25, 0.3) is 5.91 Å². The molecule has 0 bridgehead atoms. The summed E-state index contributed by atoms with van der Waals surface area (Å²) in [6.07, 6.45) is 0. The molecule has 5 nitrogen and oxygen atoms in total. The Hall–Kier alpha value is -1.07. The molecule has 1 amide bonds. The molecule has 0 saturated heterocycles. The number of halogens is 1. The second-order valence-electron chi connectivity index (χ2n) is 4.19. The van der Waals surface area contributed by atoms with E-state index in [1.54, 1.807) is 4.90 Å². The van der Waals surface area contributed by atoms with Crippen molar-refractivity contribution in [3.8, 4) is 0 Å². The first-order chi connectivity index (χ1) is 8.02. The van der Waals surface area contributed by atoms with Crippen LogP contribution in [0.4, 0.5) is 0 Å². The second kappa shape index (κ2) is 7.38. The molecular formula is C12H23ClN4O. The highest BCUT2D eigenvalue weighted by atomic mass is 35.5. The van der Waals surface area contributed by atoms with Crippen molar-refractivity contribution in [2.24, 2.45) is 0 Å². The lowest BCUT2D eigenvalue weighted by Crippen LogP contribution is -2.33. The molecule has 18 heavy (non-hydrogen) atoms. The Morgan fingerprint density at radius 3 is 2.50 bits per heavy atom. The minimum Gasteiger partial charge on any atom is -0.340 e. The van der Waals surface area contributed by atoms with Crippen LogP contribution in [0.5, 0.6) is 0 Å². The molecule has 1 N–H and O–H groups in total. The summed E-state index contributed by atoms with van der Waals surface area (Å²) >= 11 is 0. The van der Waals surface area contributed by atoms with Crippen molar-refractivity contribution in [1.82, 2.24) is 20.0 Å². The predicted octanol–water partition coefficient (Wildman–Crippen LogP) is 1.23. The van der Waals surface area contributed by atoms with Gasteiger partial charge in [-0.05, 0) is 27.8 Å². The quantitative estimate of drug-likeness (QED) is 0.879. The lowest BCUT2D eigenvalue weighted by atomic mass is 10.1. The molecule has 0 aliphatic heterocycles. The van der Waals surface area contributed by atoms with Crippen molar-refractivity contribution in [2.75, 3.05) is 27.2 Å². The van der Waals surface area contributed by atoms with Gasteiger partial charge in [0.1, 0.15) is 0 Å². The fourth-order valence-corrected chi connectivity index (χ4v) is 1.89. The molecule has 1 rings (SSSR count). The van der Waals surface area contributed by atoms with Gasteiger partial charge in [0.05, 0.1) is 11.3 Å². The van der Waals surface area contributed by atoms with Crippen LogP contribution in [-0.4, -0.2) is 47.8 Å². The average molecular weight is 275 g/mol. The third-order valence-corrected chi connectivity index (χ3v) is 2.94. The Morgan fingerprint density at radius 1 is 1.44 bits per heavy atom. The fourth-order valence-electron chi connectivity index (χ4n) is 1.89. The van der Waals surface area contributed by atoms with Crippen molar-refractivity contribution in [2.45, 2.75) is 27.3 Å². The van der Waals surface area contributed by atoms with Gasteiger partial charge in [-0.25, -0.2) is 0 Å². The number of hydrogen-bond donors (Lipinski definition) is 1. The molecule has 0 aliphatic carbocycles. The summed E-state index contributed by atoms with van der Waals surface area (Å²) in [4.78, 5) is 14.0. The molecule has 0 aromatic carbocycles. The van der Waals surface area contributed by atoms with E-state index in [9.17, 15) is 4.79 Å². The van der Waals surface area contributed by atoms with Crippen molar-refractivity contribution in [3.05, 3.63) is 17.0 Å². The van der Waals surface area contributed by atoms with Crippen LogP contribution in [0, 0.1) is 13.8 Å². The molecule has 0 aliphatic rings. The standard InChI is InChI=1S/C12H22N4O.ClH/c1-6-16-10(3)11(9(2)14-16)12(17)15(5)8-7-13-4;/h13H,6-8H2,1-5H3;1H. The Morgan fingerprint density at radius 2 is 2.06 bits per heavy atom. The van der Waals surface area contributed by atoms with Crippen LogP contribution < -0.4 is 5.32 Å². The Kier molecular flexibility index (Phi) is 6.94. The zero-order valence-electron chi connectivity index (χ0n) is 11.8. The summed E-state index contributed by atoms with van der Waals surface area (Å²) < 4.78 is 1.87. The van der Waals surface area contributed by atoms with E-state index in [4.69, 9.17) is 0 Å². The van der Waals surface area contributed by atoms with Crippen LogP contribution in [-0.2, 0) is 6.54 Å². The van der Waals surface area contributed by atoms with E-state index >= 15 is 0 Å². The third-order valence-electron chi connectivity index (χ3n) is 2.94. The highest BCUT2D eigenvalue weighted by Gasteiger charge is 2.20. The molecule has 104 valence electrons. The zero-order valence-corrected chi connectivity index (χ0v) is 12.6. The summed E-state index contributed by atoms with van der Waals surface area (Å²) in [5.74, 6) is 0.0509. The van der Waals surface area contributed by atoms with Gasteiger partial charge in [0, 0.05) is 32.4 Å². The van der Waals surface area contributed by atoms with E-state index in [2.05, 4.69) is 10.4 Å². The molecule has 1 aromatic heterocycles. The summed E-state index contributed by atoms with van der Waals surface area (Å²) in [5, 5.41) is 7.40. The molecule has 6 heteroatoms. The van der Waals surface area contributed by atoms with E-state index in [1.807, 2.05) is 39.5 Å². The monoisotopic (exact) mass is 274 g/mol. The smallest absolute Gasteiger partial charge is 0.257 e. The zero-order chi connectivity index (χ0) is 13.0. The second-order valence-corrected chi connectivity index (χ2v) is 4.19. The number of hydrogen-bond acceptors (Lipinski definition) is 3. The van der Waals surface area contributed by atoms with Crippen LogP contribution in [0.15, 0.2) is 0 Å². The first kappa shape index (κ1) is 16.9. The Bertz CT molecular complexity index is 403. The molecule has 1 heterocycles. The minimum atomic E-state index is 0. The first-order valence-corrected chi connectivity index (χ1v) is 5.97. The van der Waals surface area contributed by atoms with E-state index in [-0.39, 0.29) is 18.3 Å². The Labute approximate surface area is 115 Å². The van der Waals surface area contributed by atoms with Crippen LogP contribution >= 0.6 is 12.4 Å². The molecule has 0 unspecified atom stereocenters. The highest BCUT2D eigenvalue weighted by Crippen LogP contribution is 2.14. The largest absolute Gasteiger partial charge is 0.340 e. The molecular weight excluding hydrogens is 252 g/mol. The fraction of sp³-hybridized carbons (Fsp3) is 0.667. The maximum absolute atomic E-state index is 12.3. The Balaban J connectivity index is 0.00000289. The van der Waals surface area contributed by atoms with Gasteiger partial charge < -0.3 is 10.2 Å². The van der Waals surface area contributed by atoms with Gasteiger partial charge in [-0.15, -0.1) is 12.4 Å². The predicted molar refractivity (Wildman–Crippen MR) is 75.5 cm³/mol. The summed E-state index contributed by atoms with van der Waals surface area (Å²) in [5.41, 5.74) is 2.50. The summed E-state index contributed by atoms with van der Waals surface area (Å²) in [7, 11) is 3.70. The average Bonchev–Trinajstić information content (AvgIpc) is 2.60. The molecule has 0 atom stereocenters. The summed E-state index contributed by atoms with van der Waals surface area (Å²) in [6.45, 7) is 8.15. The van der Waals surface area contributed by atoms with Crippen LogP contribution in [0.3, 0.4) is 0 Å². The van der Waals surface area contributed by atoms with Gasteiger partial charge in [-0.1, -0.05) is 0 Å². The van der Waals surface area contributed by atoms with E-state index in [0.717, 1.165) is 30.0 Å². The van der Waals surface area contributed by atoms with Crippen LogP contribution in [0.25, 0.3) is 0 Å². The minimum absolute atomic E-state index is 0. The van der Waals surface area contributed by atoms with Crippen molar-refractivity contribution in [3.63, 3.8) is 0 Å². The maximum Gasteiger partial charge on any atom is 0.257 e. The summed E-state index contributed by atoms with van der Waals surface area (Å²) in [6, 6.07) is 0. The normalized spacial score (nSPS) is 10.1. The van der Waals surface area contributed by atoms with Gasteiger partial charge in [0.2, 0.25) is 0 Å². The molecule has 0 radical (unpaired) electrons. The first-order valence-electron chi connectivity index (χ1n) is 5.97. The van der Waals surface area contributed by atoms with Crippen molar-refractivity contribution < 1.29 is 4.79 Å². The van der Waals surface area contributed by atoms with Crippen LogP contribution in [0.2, 0.25) is 0 Å². The molecule has 0 spiro atoms. The SMILES string of the molecule is CCn1nc(C)c(C(=O)N(C)CCNC)c1C.Cl. The number of aryl methyl sites for hydroxylation is 2. The molecule has 0 fully saturated rings. The van der Waals surface area contributed by atoms with E-state index in [1.165, 1.54) is 0 Å². The van der Waals surface area contributed by atoms with E-state index < -0.39 is 0 Å².